The van der Waals surface area contributed by atoms with Gasteiger partial charge in [-0.1, -0.05) is 0 Å². The molecule has 6 heteroatoms. The lowest BCUT2D eigenvalue weighted by molar-refractivity contribution is -0.131. The molecule has 1 atom stereocenters. The molecule has 4 nitrogen and oxygen atoms in total. The lowest BCUT2D eigenvalue weighted by Crippen LogP contribution is -2.34. The fourth-order valence-electron chi connectivity index (χ4n) is 1.62. The van der Waals surface area contributed by atoms with Gasteiger partial charge in [0.25, 0.3) is 5.91 Å². The first-order valence-corrected chi connectivity index (χ1v) is 7.52. The Labute approximate surface area is 113 Å². The number of rotatable bonds is 4. The average molecular weight is 283 g/mol. The SMILES string of the molecule is O=C(O)/C=C/c1ccc(C(=O)NC2CCSC2)s1. The number of thioether (sulfide) groups is 1. The number of carboxylic acids is 1. The van der Waals surface area contributed by atoms with E-state index >= 15 is 0 Å². The van der Waals surface area contributed by atoms with E-state index in [4.69, 9.17) is 5.11 Å². The Kier molecular flexibility index (Phi) is 4.43. The molecule has 1 aromatic rings. The highest BCUT2D eigenvalue weighted by molar-refractivity contribution is 7.99. The van der Waals surface area contributed by atoms with E-state index in [-0.39, 0.29) is 11.9 Å². The van der Waals surface area contributed by atoms with Crippen molar-refractivity contribution >= 4 is 41.1 Å². The van der Waals surface area contributed by atoms with Crippen molar-refractivity contribution in [1.29, 1.82) is 0 Å². The summed E-state index contributed by atoms with van der Waals surface area (Å²) in [5.74, 6) is 1.02. The summed E-state index contributed by atoms with van der Waals surface area (Å²) >= 11 is 3.15. The summed E-state index contributed by atoms with van der Waals surface area (Å²) in [7, 11) is 0. The van der Waals surface area contributed by atoms with E-state index in [0.29, 0.717) is 4.88 Å². The monoisotopic (exact) mass is 283 g/mol. The molecule has 96 valence electrons. The maximum Gasteiger partial charge on any atom is 0.328 e. The van der Waals surface area contributed by atoms with Gasteiger partial charge in [-0.05, 0) is 30.4 Å². The number of nitrogens with one attached hydrogen (secondary N) is 1. The van der Waals surface area contributed by atoms with E-state index < -0.39 is 5.97 Å². The van der Waals surface area contributed by atoms with Crippen LogP contribution in [0.3, 0.4) is 0 Å². The lowest BCUT2D eigenvalue weighted by Gasteiger charge is -2.09. The normalized spacial score (nSPS) is 19.2. The van der Waals surface area contributed by atoms with Gasteiger partial charge in [-0.2, -0.15) is 11.8 Å². The first kappa shape index (κ1) is 13.2. The third-order valence-electron chi connectivity index (χ3n) is 2.51. The van der Waals surface area contributed by atoms with Gasteiger partial charge in [0.2, 0.25) is 0 Å². The van der Waals surface area contributed by atoms with Crippen molar-refractivity contribution in [2.24, 2.45) is 0 Å². The summed E-state index contributed by atoms with van der Waals surface area (Å²) in [5, 5.41) is 11.5. The van der Waals surface area contributed by atoms with Crippen LogP contribution in [0, 0.1) is 0 Å². The van der Waals surface area contributed by atoms with Gasteiger partial charge in [0.05, 0.1) is 4.88 Å². The maximum atomic E-state index is 11.9. The molecule has 1 unspecified atom stereocenters. The summed E-state index contributed by atoms with van der Waals surface area (Å²) in [6.45, 7) is 0. The van der Waals surface area contributed by atoms with Crippen molar-refractivity contribution in [3.05, 3.63) is 28.0 Å². The van der Waals surface area contributed by atoms with Crippen molar-refractivity contribution < 1.29 is 14.7 Å². The Morgan fingerprint density at radius 3 is 2.94 bits per heavy atom. The van der Waals surface area contributed by atoms with Gasteiger partial charge in [-0.15, -0.1) is 11.3 Å². The van der Waals surface area contributed by atoms with E-state index in [9.17, 15) is 9.59 Å². The highest BCUT2D eigenvalue weighted by atomic mass is 32.2. The van der Waals surface area contributed by atoms with Crippen LogP contribution in [0.15, 0.2) is 18.2 Å². The summed E-state index contributed by atoms with van der Waals surface area (Å²) in [6, 6.07) is 3.74. The second-order valence-electron chi connectivity index (χ2n) is 3.91. The zero-order valence-electron chi connectivity index (χ0n) is 9.59. The molecule has 2 rings (SSSR count). The Hall–Kier alpha value is -1.27. The van der Waals surface area contributed by atoms with Crippen molar-refractivity contribution in [3.8, 4) is 0 Å². The predicted octanol–water partition coefficient (Wildman–Crippen LogP) is 2.08. The zero-order valence-corrected chi connectivity index (χ0v) is 11.2. The van der Waals surface area contributed by atoms with Gasteiger partial charge < -0.3 is 10.4 Å². The summed E-state index contributed by atoms with van der Waals surface area (Å²) in [6.07, 6.45) is 3.59. The maximum absolute atomic E-state index is 11.9. The number of amides is 1. The number of thiophene rings is 1. The molecule has 1 aliphatic heterocycles. The molecule has 1 fully saturated rings. The van der Waals surface area contributed by atoms with Crippen LogP contribution in [-0.4, -0.2) is 34.5 Å². The topological polar surface area (TPSA) is 66.4 Å². The third kappa shape index (κ3) is 3.61. The summed E-state index contributed by atoms with van der Waals surface area (Å²) in [5.41, 5.74) is 0. The number of carboxylic acid groups (broad SMARTS) is 1. The Balaban J connectivity index is 1.96. The minimum atomic E-state index is -0.989. The molecule has 2 heterocycles. The minimum absolute atomic E-state index is 0.0672. The molecule has 0 aliphatic carbocycles. The second-order valence-corrected chi connectivity index (χ2v) is 6.17. The van der Waals surface area contributed by atoms with Gasteiger partial charge >= 0.3 is 5.97 Å². The van der Waals surface area contributed by atoms with Crippen LogP contribution < -0.4 is 5.32 Å². The van der Waals surface area contributed by atoms with E-state index in [1.165, 1.54) is 17.4 Å². The quantitative estimate of drug-likeness (QED) is 0.830. The van der Waals surface area contributed by atoms with E-state index in [0.717, 1.165) is 28.9 Å². The molecule has 1 amide bonds. The van der Waals surface area contributed by atoms with Crippen LogP contribution in [0.1, 0.15) is 21.0 Å². The molecular weight excluding hydrogens is 270 g/mol. The summed E-state index contributed by atoms with van der Waals surface area (Å²) in [4.78, 5) is 23.7. The molecular formula is C12H13NO3S2. The van der Waals surface area contributed by atoms with Crippen LogP contribution in [-0.2, 0) is 4.79 Å². The Bertz CT molecular complexity index is 475. The molecule has 1 aromatic heterocycles. The zero-order chi connectivity index (χ0) is 13.0. The molecule has 18 heavy (non-hydrogen) atoms. The number of carbonyl (C=O) groups excluding carboxylic acids is 1. The molecule has 1 aliphatic rings. The van der Waals surface area contributed by atoms with E-state index in [1.807, 2.05) is 11.8 Å². The van der Waals surface area contributed by atoms with Gasteiger partial charge in [-0.25, -0.2) is 4.79 Å². The Morgan fingerprint density at radius 1 is 1.44 bits per heavy atom. The van der Waals surface area contributed by atoms with Crippen molar-refractivity contribution in [2.45, 2.75) is 12.5 Å². The van der Waals surface area contributed by atoms with Gasteiger partial charge in [-0.3, -0.25) is 4.79 Å². The lowest BCUT2D eigenvalue weighted by atomic mass is 10.2. The third-order valence-corrected chi connectivity index (χ3v) is 4.72. The standard InChI is InChI=1S/C12H13NO3S2/c14-11(15)4-2-9-1-3-10(18-9)12(16)13-8-5-6-17-7-8/h1-4,8H,5-7H2,(H,13,16)(H,14,15)/b4-2+. The van der Waals surface area contributed by atoms with Crippen molar-refractivity contribution in [2.75, 3.05) is 11.5 Å². The Morgan fingerprint density at radius 2 is 2.28 bits per heavy atom. The number of hydrogen-bond donors (Lipinski definition) is 2. The van der Waals surface area contributed by atoms with Crippen molar-refractivity contribution in [1.82, 2.24) is 5.32 Å². The van der Waals surface area contributed by atoms with Gasteiger partial charge in [0, 0.05) is 22.7 Å². The number of hydrogen-bond acceptors (Lipinski definition) is 4. The minimum Gasteiger partial charge on any atom is -0.478 e. The highest BCUT2D eigenvalue weighted by Crippen LogP contribution is 2.20. The van der Waals surface area contributed by atoms with E-state index in [2.05, 4.69) is 5.32 Å². The molecule has 2 N–H and O–H groups in total. The van der Waals surface area contributed by atoms with Gasteiger partial charge in [0.15, 0.2) is 0 Å². The van der Waals surface area contributed by atoms with Gasteiger partial charge in [0.1, 0.15) is 0 Å². The highest BCUT2D eigenvalue weighted by Gasteiger charge is 2.19. The van der Waals surface area contributed by atoms with Crippen LogP contribution in [0.2, 0.25) is 0 Å². The first-order valence-electron chi connectivity index (χ1n) is 5.54. The predicted molar refractivity (Wildman–Crippen MR) is 74.2 cm³/mol. The number of carbonyl (C=O) groups is 2. The van der Waals surface area contributed by atoms with E-state index in [1.54, 1.807) is 12.1 Å². The first-order chi connectivity index (χ1) is 8.65. The second kappa shape index (κ2) is 6.06. The molecule has 0 spiro atoms. The number of aliphatic carboxylic acids is 1. The van der Waals surface area contributed by atoms with Crippen LogP contribution >= 0.6 is 23.1 Å². The largest absolute Gasteiger partial charge is 0.478 e. The fraction of sp³-hybridized carbons (Fsp3) is 0.333. The van der Waals surface area contributed by atoms with Crippen LogP contribution in [0.5, 0.6) is 0 Å². The van der Waals surface area contributed by atoms with Crippen LogP contribution in [0.25, 0.3) is 6.08 Å². The molecule has 0 radical (unpaired) electrons. The smallest absolute Gasteiger partial charge is 0.328 e. The van der Waals surface area contributed by atoms with Crippen molar-refractivity contribution in [3.63, 3.8) is 0 Å². The average Bonchev–Trinajstić information content (AvgIpc) is 2.96. The molecule has 1 saturated heterocycles. The molecule has 0 bridgehead atoms. The molecule has 0 saturated carbocycles. The summed E-state index contributed by atoms with van der Waals surface area (Å²) < 4.78 is 0. The van der Waals surface area contributed by atoms with Crippen LogP contribution in [0.4, 0.5) is 0 Å². The fourth-order valence-corrected chi connectivity index (χ4v) is 3.59. The molecule has 0 aromatic carbocycles.